The van der Waals surface area contributed by atoms with Crippen molar-refractivity contribution in [2.45, 2.75) is 89.8 Å². The SMILES string of the molecule is CCOC(=O)c1cn(Cc2ccccc2)nc1N(C(=S)NC1CCCCC1)C1CCCCC1. The minimum atomic E-state index is -0.340. The van der Waals surface area contributed by atoms with Crippen LogP contribution in [0.5, 0.6) is 0 Å². The number of rotatable bonds is 7. The Balaban J connectivity index is 1.66. The van der Waals surface area contributed by atoms with Crippen molar-refractivity contribution < 1.29 is 9.53 Å². The highest BCUT2D eigenvalue weighted by Gasteiger charge is 2.32. The molecule has 0 spiro atoms. The maximum Gasteiger partial charge on any atom is 0.343 e. The van der Waals surface area contributed by atoms with Gasteiger partial charge in [-0.3, -0.25) is 9.58 Å². The number of esters is 1. The molecule has 2 aliphatic carbocycles. The van der Waals surface area contributed by atoms with Crippen LogP contribution < -0.4 is 10.2 Å². The van der Waals surface area contributed by atoms with Gasteiger partial charge in [-0.2, -0.15) is 5.10 Å². The van der Waals surface area contributed by atoms with E-state index in [-0.39, 0.29) is 12.0 Å². The van der Waals surface area contributed by atoms with Gasteiger partial charge in [0.1, 0.15) is 5.56 Å². The van der Waals surface area contributed by atoms with Crippen LogP contribution in [0.2, 0.25) is 0 Å². The van der Waals surface area contributed by atoms with E-state index in [1.54, 1.807) is 0 Å². The Morgan fingerprint density at radius 1 is 1.09 bits per heavy atom. The summed E-state index contributed by atoms with van der Waals surface area (Å²) in [4.78, 5) is 15.1. The molecule has 0 unspecified atom stereocenters. The number of nitrogens with one attached hydrogen (secondary N) is 1. The summed E-state index contributed by atoms with van der Waals surface area (Å²) in [6.07, 6.45) is 13.6. The predicted octanol–water partition coefficient (Wildman–Crippen LogP) is 5.45. The maximum atomic E-state index is 13.0. The van der Waals surface area contributed by atoms with Crippen molar-refractivity contribution in [1.82, 2.24) is 15.1 Å². The van der Waals surface area contributed by atoms with Gasteiger partial charge in [0.2, 0.25) is 0 Å². The third kappa shape index (κ3) is 6.14. The van der Waals surface area contributed by atoms with E-state index in [9.17, 15) is 4.79 Å². The number of carbonyl (C=O) groups is 1. The Kier molecular flexibility index (Phi) is 8.37. The molecule has 0 amide bonds. The number of anilines is 1. The summed E-state index contributed by atoms with van der Waals surface area (Å²) in [6.45, 7) is 2.75. The lowest BCUT2D eigenvalue weighted by Crippen LogP contribution is -2.51. The minimum absolute atomic E-state index is 0.246. The van der Waals surface area contributed by atoms with Gasteiger partial charge in [0.05, 0.1) is 13.2 Å². The highest BCUT2D eigenvalue weighted by atomic mass is 32.1. The molecule has 1 heterocycles. The molecule has 2 fully saturated rings. The van der Waals surface area contributed by atoms with Crippen LogP contribution in [0, 0.1) is 0 Å². The van der Waals surface area contributed by atoms with E-state index in [4.69, 9.17) is 22.1 Å². The average molecular weight is 469 g/mol. The van der Waals surface area contributed by atoms with Crippen molar-refractivity contribution in [3.63, 3.8) is 0 Å². The summed E-state index contributed by atoms with van der Waals surface area (Å²) in [5.41, 5.74) is 1.63. The lowest BCUT2D eigenvalue weighted by atomic mass is 9.93. The number of thiocarbonyl (C=S) groups is 1. The molecular formula is C26H36N4O2S. The highest BCUT2D eigenvalue weighted by molar-refractivity contribution is 7.80. The Hall–Kier alpha value is -2.41. The molecule has 1 aromatic carbocycles. The van der Waals surface area contributed by atoms with Gasteiger partial charge in [-0.25, -0.2) is 4.79 Å². The van der Waals surface area contributed by atoms with Gasteiger partial charge < -0.3 is 10.1 Å². The molecule has 1 aromatic heterocycles. The molecule has 0 aliphatic heterocycles. The summed E-state index contributed by atoms with van der Waals surface area (Å²) >= 11 is 5.98. The number of aromatic nitrogens is 2. The summed E-state index contributed by atoms with van der Waals surface area (Å²) in [6, 6.07) is 10.8. The second-order valence-corrected chi connectivity index (χ2v) is 9.60. The molecule has 33 heavy (non-hydrogen) atoms. The van der Waals surface area contributed by atoms with E-state index in [1.807, 2.05) is 36.0 Å². The van der Waals surface area contributed by atoms with Crippen molar-refractivity contribution >= 4 is 29.1 Å². The molecular weight excluding hydrogens is 432 g/mol. The fourth-order valence-corrected chi connectivity index (χ4v) is 5.46. The third-order valence-electron chi connectivity index (χ3n) is 6.74. The van der Waals surface area contributed by atoms with Gasteiger partial charge in [0, 0.05) is 18.3 Å². The largest absolute Gasteiger partial charge is 0.462 e. The van der Waals surface area contributed by atoms with Crippen LogP contribution >= 0.6 is 12.2 Å². The Bertz CT molecular complexity index is 918. The second-order valence-electron chi connectivity index (χ2n) is 9.22. The number of carbonyl (C=O) groups excluding carboxylic acids is 1. The van der Waals surface area contributed by atoms with Gasteiger partial charge in [-0.15, -0.1) is 0 Å². The van der Waals surface area contributed by atoms with Gasteiger partial charge in [0.15, 0.2) is 10.9 Å². The van der Waals surface area contributed by atoms with E-state index >= 15 is 0 Å². The lowest BCUT2D eigenvalue weighted by Gasteiger charge is -2.37. The van der Waals surface area contributed by atoms with Crippen molar-refractivity contribution in [3.05, 3.63) is 47.7 Å². The van der Waals surface area contributed by atoms with E-state index in [0.29, 0.717) is 35.7 Å². The average Bonchev–Trinajstić information content (AvgIpc) is 3.24. The zero-order valence-electron chi connectivity index (χ0n) is 19.7. The predicted molar refractivity (Wildman–Crippen MR) is 136 cm³/mol. The maximum absolute atomic E-state index is 13.0. The monoisotopic (exact) mass is 468 g/mol. The Morgan fingerprint density at radius 2 is 1.76 bits per heavy atom. The first kappa shape index (κ1) is 23.7. The van der Waals surface area contributed by atoms with E-state index in [1.165, 1.54) is 38.5 Å². The summed E-state index contributed by atoms with van der Waals surface area (Å²) in [7, 11) is 0. The molecule has 0 saturated heterocycles. The molecule has 178 valence electrons. The first-order chi connectivity index (χ1) is 16.2. The van der Waals surface area contributed by atoms with Gasteiger partial charge >= 0.3 is 5.97 Å². The number of hydrogen-bond donors (Lipinski definition) is 1. The molecule has 2 saturated carbocycles. The normalized spacial score (nSPS) is 17.5. The summed E-state index contributed by atoms with van der Waals surface area (Å²) in [5, 5.41) is 9.24. The van der Waals surface area contributed by atoms with Crippen LogP contribution in [-0.4, -0.2) is 39.6 Å². The van der Waals surface area contributed by atoms with E-state index < -0.39 is 0 Å². The molecule has 2 aliphatic rings. The van der Waals surface area contributed by atoms with Crippen molar-refractivity contribution in [1.29, 1.82) is 0 Å². The quantitative estimate of drug-likeness (QED) is 0.430. The molecule has 2 aromatic rings. The lowest BCUT2D eigenvalue weighted by molar-refractivity contribution is 0.0527. The first-order valence-corrected chi connectivity index (χ1v) is 12.9. The number of benzene rings is 1. The number of ether oxygens (including phenoxy) is 1. The Labute approximate surface area is 202 Å². The number of nitrogens with zero attached hydrogens (tertiary/aromatic N) is 3. The fourth-order valence-electron chi connectivity index (χ4n) is 5.06. The van der Waals surface area contributed by atoms with Crippen molar-refractivity contribution in [3.8, 4) is 0 Å². The van der Waals surface area contributed by atoms with Crippen LogP contribution in [0.15, 0.2) is 36.5 Å². The third-order valence-corrected chi connectivity index (χ3v) is 7.06. The molecule has 0 radical (unpaired) electrons. The van der Waals surface area contributed by atoms with Crippen LogP contribution in [0.4, 0.5) is 5.82 Å². The van der Waals surface area contributed by atoms with Crippen LogP contribution in [0.25, 0.3) is 0 Å². The van der Waals surface area contributed by atoms with Gasteiger partial charge in [-0.1, -0.05) is 68.9 Å². The summed E-state index contributed by atoms with van der Waals surface area (Å²) in [5.74, 6) is 0.290. The molecule has 4 rings (SSSR count). The van der Waals surface area contributed by atoms with E-state index in [2.05, 4.69) is 22.3 Å². The Morgan fingerprint density at radius 3 is 2.42 bits per heavy atom. The molecule has 0 atom stereocenters. The molecule has 7 heteroatoms. The zero-order chi connectivity index (χ0) is 23.0. The molecule has 0 bridgehead atoms. The topological polar surface area (TPSA) is 59.4 Å². The second kappa shape index (κ2) is 11.6. The molecule has 1 N–H and O–H groups in total. The van der Waals surface area contributed by atoms with Crippen LogP contribution in [-0.2, 0) is 11.3 Å². The zero-order valence-corrected chi connectivity index (χ0v) is 20.5. The first-order valence-electron chi connectivity index (χ1n) is 12.5. The van der Waals surface area contributed by atoms with Crippen molar-refractivity contribution in [2.24, 2.45) is 0 Å². The smallest absolute Gasteiger partial charge is 0.343 e. The molecule has 6 nitrogen and oxygen atoms in total. The standard InChI is InChI=1S/C26H36N4O2S/c1-2-32-25(31)23-19-29(18-20-12-6-3-7-13-20)28-24(23)30(22-16-10-5-11-17-22)26(33)27-21-14-8-4-9-15-21/h3,6-7,12-13,19,21-22H,2,4-5,8-11,14-18H2,1H3,(H,27,33). The van der Waals surface area contributed by atoms with Crippen LogP contribution in [0.3, 0.4) is 0 Å². The summed E-state index contributed by atoms with van der Waals surface area (Å²) < 4.78 is 7.26. The highest BCUT2D eigenvalue weighted by Crippen LogP contribution is 2.30. The van der Waals surface area contributed by atoms with Crippen molar-refractivity contribution in [2.75, 3.05) is 11.5 Å². The van der Waals surface area contributed by atoms with Gasteiger partial charge in [-0.05, 0) is 50.4 Å². The van der Waals surface area contributed by atoms with Gasteiger partial charge in [0.25, 0.3) is 0 Å². The minimum Gasteiger partial charge on any atom is -0.462 e. The number of hydrogen-bond acceptors (Lipinski definition) is 4. The van der Waals surface area contributed by atoms with Crippen LogP contribution in [0.1, 0.15) is 87.1 Å². The van der Waals surface area contributed by atoms with E-state index in [0.717, 1.165) is 31.2 Å². The fraction of sp³-hybridized carbons (Fsp3) is 0.577.